The average molecular weight is 359 g/mol. The molecule has 6 heteroatoms. The Labute approximate surface area is 154 Å². The van der Waals surface area contributed by atoms with Crippen molar-refractivity contribution in [2.75, 3.05) is 19.0 Å². The Morgan fingerprint density at radius 2 is 1.96 bits per heavy atom. The van der Waals surface area contributed by atoms with E-state index in [4.69, 9.17) is 17.0 Å². The van der Waals surface area contributed by atoms with Gasteiger partial charge in [0, 0.05) is 12.6 Å². The summed E-state index contributed by atoms with van der Waals surface area (Å²) in [4.78, 5) is 0. The van der Waals surface area contributed by atoms with Crippen LogP contribution >= 0.6 is 12.2 Å². The minimum atomic E-state index is 0.494. The number of methoxy groups -OCH3 is 1. The van der Waals surface area contributed by atoms with E-state index in [-0.39, 0.29) is 0 Å². The maximum Gasteiger partial charge on any atom is 0.171 e. The Bertz CT molecular complexity index is 677. The molecule has 0 bridgehead atoms. The number of aromatic nitrogens is 2. The van der Waals surface area contributed by atoms with Gasteiger partial charge in [-0.3, -0.25) is 0 Å². The normalized spacial score (nSPS) is 14.9. The Kier molecular flexibility index (Phi) is 6.28. The molecule has 5 nitrogen and oxygen atoms in total. The molecule has 1 aromatic heterocycles. The summed E-state index contributed by atoms with van der Waals surface area (Å²) in [6.45, 7) is 0.787. The predicted molar refractivity (Wildman–Crippen MR) is 105 cm³/mol. The van der Waals surface area contributed by atoms with Crippen molar-refractivity contribution in [3.8, 4) is 5.75 Å². The molecule has 0 atom stereocenters. The largest absolute Gasteiger partial charge is 0.497 e. The number of nitrogens with zero attached hydrogens (tertiary/aromatic N) is 2. The SMILES string of the molecule is COc1ccc(CCNC(=S)Nc2ccnn2C2CCCCC2)cc1. The molecule has 0 amide bonds. The number of thiocarbonyl (C=S) groups is 1. The molecular formula is C19H26N4OS. The molecule has 0 unspecified atom stereocenters. The van der Waals surface area contributed by atoms with Crippen LogP contribution in [0, 0.1) is 0 Å². The summed E-state index contributed by atoms with van der Waals surface area (Å²) in [6, 6.07) is 10.6. The van der Waals surface area contributed by atoms with Crippen LogP contribution in [0.5, 0.6) is 5.75 Å². The van der Waals surface area contributed by atoms with Gasteiger partial charge in [0.2, 0.25) is 0 Å². The molecule has 0 radical (unpaired) electrons. The van der Waals surface area contributed by atoms with E-state index in [9.17, 15) is 0 Å². The molecule has 0 spiro atoms. The monoisotopic (exact) mass is 358 g/mol. The second-order valence-electron chi connectivity index (χ2n) is 6.43. The lowest BCUT2D eigenvalue weighted by Gasteiger charge is -2.24. The van der Waals surface area contributed by atoms with E-state index in [0.29, 0.717) is 11.2 Å². The second-order valence-corrected chi connectivity index (χ2v) is 6.84. The van der Waals surface area contributed by atoms with E-state index in [1.54, 1.807) is 7.11 Å². The molecule has 134 valence electrons. The van der Waals surface area contributed by atoms with Crippen LogP contribution in [0.1, 0.15) is 43.7 Å². The summed E-state index contributed by atoms with van der Waals surface area (Å²) in [5.41, 5.74) is 1.25. The maximum absolute atomic E-state index is 5.43. The second kappa shape index (κ2) is 8.85. The molecule has 2 aromatic rings. The lowest BCUT2D eigenvalue weighted by atomic mass is 9.96. The Morgan fingerprint density at radius 1 is 1.20 bits per heavy atom. The summed E-state index contributed by atoms with van der Waals surface area (Å²) in [5, 5.41) is 11.7. The Morgan fingerprint density at radius 3 is 2.68 bits per heavy atom. The number of benzene rings is 1. The first-order valence-corrected chi connectivity index (χ1v) is 9.38. The number of ether oxygens (including phenoxy) is 1. The van der Waals surface area contributed by atoms with Crippen LogP contribution in [0.3, 0.4) is 0 Å². The summed E-state index contributed by atoms with van der Waals surface area (Å²) in [6.07, 6.45) is 9.07. The van der Waals surface area contributed by atoms with Gasteiger partial charge in [0.05, 0.1) is 19.3 Å². The fourth-order valence-corrected chi connectivity index (χ4v) is 3.51. The third-order valence-electron chi connectivity index (χ3n) is 4.69. The van der Waals surface area contributed by atoms with Crippen LogP contribution in [0.4, 0.5) is 5.82 Å². The van der Waals surface area contributed by atoms with Crippen molar-refractivity contribution in [1.82, 2.24) is 15.1 Å². The first-order valence-electron chi connectivity index (χ1n) is 8.97. The van der Waals surface area contributed by atoms with Gasteiger partial charge in [-0.1, -0.05) is 31.4 Å². The van der Waals surface area contributed by atoms with Gasteiger partial charge in [-0.25, -0.2) is 4.68 Å². The van der Waals surface area contributed by atoms with E-state index in [1.165, 1.54) is 37.7 Å². The van der Waals surface area contributed by atoms with Crippen LogP contribution in [0.15, 0.2) is 36.5 Å². The molecule has 1 aliphatic rings. The summed E-state index contributed by atoms with van der Waals surface area (Å²) < 4.78 is 7.27. The summed E-state index contributed by atoms with van der Waals surface area (Å²) >= 11 is 5.43. The van der Waals surface area contributed by atoms with Gasteiger partial charge in [-0.05, 0) is 49.2 Å². The average Bonchev–Trinajstić information content (AvgIpc) is 3.11. The zero-order valence-corrected chi connectivity index (χ0v) is 15.5. The highest BCUT2D eigenvalue weighted by molar-refractivity contribution is 7.80. The van der Waals surface area contributed by atoms with Crippen molar-refractivity contribution >= 4 is 23.1 Å². The first-order chi connectivity index (χ1) is 12.3. The third-order valence-corrected chi connectivity index (χ3v) is 4.94. The molecular weight excluding hydrogens is 332 g/mol. The van der Waals surface area contributed by atoms with Crippen molar-refractivity contribution in [1.29, 1.82) is 0 Å². The van der Waals surface area contributed by atoms with Crippen molar-refractivity contribution in [3.05, 3.63) is 42.1 Å². The maximum atomic E-state index is 5.43. The molecule has 1 heterocycles. The fraction of sp³-hybridized carbons (Fsp3) is 0.474. The van der Waals surface area contributed by atoms with E-state index < -0.39 is 0 Å². The molecule has 1 aromatic carbocycles. The van der Waals surface area contributed by atoms with E-state index in [1.807, 2.05) is 24.4 Å². The predicted octanol–water partition coefficient (Wildman–Crippen LogP) is 3.93. The first kappa shape index (κ1) is 17.7. The molecule has 1 saturated carbocycles. The Balaban J connectivity index is 1.47. The van der Waals surface area contributed by atoms with Crippen molar-refractivity contribution in [3.63, 3.8) is 0 Å². The molecule has 0 saturated heterocycles. The number of hydrogen-bond acceptors (Lipinski definition) is 3. The molecule has 1 aliphatic carbocycles. The number of rotatable bonds is 6. The van der Waals surface area contributed by atoms with Crippen LogP contribution in [-0.4, -0.2) is 28.5 Å². The van der Waals surface area contributed by atoms with Gasteiger partial charge in [-0.15, -0.1) is 0 Å². The van der Waals surface area contributed by atoms with Crippen molar-refractivity contribution in [2.45, 2.75) is 44.6 Å². The van der Waals surface area contributed by atoms with Gasteiger partial charge >= 0.3 is 0 Å². The van der Waals surface area contributed by atoms with Crippen molar-refractivity contribution < 1.29 is 4.74 Å². The van der Waals surface area contributed by atoms with Crippen molar-refractivity contribution in [2.24, 2.45) is 0 Å². The topological polar surface area (TPSA) is 51.1 Å². The minimum Gasteiger partial charge on any atom is -0.497 e. The quantitative estimate of drug-likeness (QED) is 0.767. The summed E-state index contributed by atoms with van der Waals surface area (Å²) in [5.74, 6) is 1.86. The number of hydrogen-bond donors (Lipinski definition) is 2. The standard InChI is InChI=1S/C19H26N4OS/c1-24-17-9-7-15(8-10-17)11-13-20-19(25)22-18-12-14-21-23(18)16-5-3-2-4-6-16/h7-10,12,14,16H,2-6,11,13H2,1H3,(H2,20,22,25). The Hall–Kier alpha value is -2.08. The third kappa shape index (κ3) is 4.95. The lowest BCUT2D eigenvalue weighted by Crippen LogP contribution is -2.31. The molecule has 3 rings (SSSR count). The minimum absolute atomic E-state index is 0.494. The van der Waals surface area contributed by atoms with Gasteiger partial charge in [0.25, 0.3) is 0 Å². The molecule has 25 heavy (non-hydrogen) atoms. The van der Waals surface area contributed by atoms with Crippen LogP contribution in [0.2, 0.25) is 0 Å². The van der Waals surface area contributed by atoms with Gasteiger partial charge < -0.3 is 15.4 Å². The van der Waals surface area contributed by atoms with Crippen LogP contribution in [0.25, 0.3) is 0 Å². The van der Waals surface area contributed by atoms with E-state index >= 15 is 0 Å². The van der Waals surface area contributed by atoms with Gasteiger partial charge in [0.1, 0.15) is 11.6 Å². The van der Waals surface area contributed by atoms with Gasteiger partial charge in [0.15, 0.2) is 5.11 Å². The zero-order valence-electron chi connectivity index (χ0n) is 14.7. The highest BCUT2D eigenvalue weighted by Crippen LogP contribution is 2.29. The molecule has 0 aliphatic heterocycles. The molecule has 2 N–H and O–H groups in total. The highest BCUT2D eigenvalue weighted by Gasteiger charge is 2.18. The van der Waals surface area contributed by atoms with E-state index in [0.717, 1.165) is 24.5 Å². The fourth-order valence-electron chi connectivity index (χ4n) is 3.30. The van der Waals surface area contributed by atoms with Crippen LogP contribution < -0.4 is 15.4 Å². The summed E-state index contributed by atoms with van der Waals surface area (Å²) in [7, 11) is 1.68. The van der Waals surface area contributed by atoms with E-state index in [2.05, 4.69) is 32.5 Å². The smallest absolute Gasteiger partial charge is 0.171 e. The highest BCUT2D eigenvalue weighted by atomic mass is 32.1. The van der Waals surface area contributed by atoms with Crippen LogP contribution in [-0.2, 0) is 6.42 Å². The molecule has 1 fully saturated rings. The zero-order chi connectivity index (χ0) is 17.5. The number of nitrogens with one attached hydrogen (secondary N) is 2. The lowest BCUT2D eigenvalue weighted by molar-refractivity contribution is 0.333. The number of anilines is 1. The van der Waals surface area contributed by atoms with Gasteiger partial charge in [-0.2, -0.15) is 5.10 Å².